The fraction of sp³-hybridized carbons (Fsp3) is 0.333. The average molecular weight is 418 g/mol. The Hall–Kier alpha value is -1.95. The molecule has 0 saturated carbocycles. The summed E-state index contributed by atoms with van der Waals surface area (Å²) in [4.78, 5) is 12.5. The summed E-state index contributed by atoms with van der Waals surface area (Å²) in [6.07, 6.45) is 0. The van der Waals surface area contributed by atoms with Gasteiger partial charge in [-0.25, -0.2) is 26.9 Å². The highest BCUT2D eigenvalue weighted by Gasteiger charge is 2.34. The van der Waals surface area contributed by atoms with Gasteiger partial charge in [0.25, 0.3) is 0 Å². The first-order valence-electron chi connectivity index (χ1n) is 6.19. The van der Waals surface area contributed by atoms with Gasteiger partial charge in [-0.3, -0.25) is 4.84 Å². The molecule has 1 heterocycles. The number of halogens is 6. The van der Waals surface area contributed by atoms with Crippen molar-refractivity contribution in [3.8, 4) is 0 Å². The normalized spacial score (nSPS) is 16.4. The Morgan fingerprint density at radius 1 is 0.958 bits per heavy atom. The fourth-order valence-electron chi connectivity index (χ4n) is 1.92. The SMILES string of the molecule is Br.CC1(C)N=C(N)N=C(N)N1OCc1c(F)c(F)c(F)c(F)c1F. The highest BCUT2D eigenvalue weighted by molar-refractivity contribution is 8.93. The van der Waals surface area contributed by atoms with Crippen molar-refractivity contribution in [1.82, 2.24) is 5.06 Å². The maximum Gasteiger partial charge on any atom is 0.226 e. The number of benzene rings is 1. The molecule has 1 aromatic carbocycles. The van der Waals surface area contributed by atoms with E-state index in [2.05, 4.69) is 9.98 Å². The van der Waals surface area contributed by atoms with Gasteiger partial charge in [-0.05, 0) is 13.8 Å². The van der Waals surface area contributed by atoms with E-state index < -0.39 is 46.9 Å². The standard InChI is InChI=1S/C12H12F5N5O.BrH/c1-12(2)21-10(18)20-11(19)22(12)23-3-4-5(13)7(15)9(17)8(16)6(4)14;/h3H2,1-2H3,(H4,18,19,20,21);1H. The number of nitrogens with two attached hydrogens (primary N) is 2. The van der Waals surface area contributed by atoms with Crippen LogP contribution >= 0.6 is 17.0 Å². The minimum absolute atomic E-state index is 0. The third kappa shape index (κ3) is 3.43. The van der Waals surface area contributed by atoms with E-state index in [0.29, 0.717) is 0 Å². The van der Waals surface area contributed by atoms with Crippen molar-refractivity contribution >= 4 is 28.9 Å². The lowest BCUT2D eigenvalue weighted by Gasteiger charge is -2.36. The third-order valence-corrected chi connectivity index (χ3v) is 2.96. The molecule has 4 N–H and O–H groups in total. The number of guanidine groups is 2. The molecule has 0 unspecified atom stereocenters. The summed E-state index contributed by atoms with van der Waals surface area (Å²) in [6, 6.07) is 0. The molecule has 0 aliphatic carbocycles. The fourth-order valence-corrected chi connectivity index (χ4v) is 1.92. The lowest BCUT2D eigenvalue weighted by Crippen LogP contribution is -2.53. The van der Waals surface area contributed by atoms with Crippen molar-refractivity contribution in [3.05, 3.63) is 34.6 Å². The molecule has 2 rings (SSSR count). The molecular weight excluding hydrogens is 405 g/mol. The minimum Gasteiger partial charge on any atom is -0.368 e. The second-order valence-corrected chi connectivity index (χ2v) is 5.05. The van der Waals surface area contributed by atoms with Gasteiger partial charge in [-0.1, -0.05) is 0 Å². The summed E-state index contributed by atoms with van der Waals surface area (Å²) >= 11 is 0. The molecule has 1 aliphatic rings. The van der Waals surface area contributed by atoms with Crippen molar-refractivity contribution < 1.29 is 26.8 Å². The monoisotopic (exact) mass is 417 g/mol. The van der Waals surface area contributed by atoms with Crippen molar-refractivity contribution in [1.29, 1.82) is 0 Å². The van der Waals surface area contributed by atoms with Crippen LogP contribution in [0, 0.1) is 29.1 Å². The molecular formula is C12H13BrF5N5O. The lowest BCUT2D eigenvalue weighted by atomic mass is 10.2. The van der Waals surface area contributed by atoms with Crippen LogP contribution in [0.15, 0.2) is 9.98 Å². The first-order valence-corrected chi connectivity index (χ1v) is 6.19. The van der Waals surface area contributed by atoms with Gasteiger partial charge in [0.05, 0.1) is 5.56 Å². The quantitative estimate of drug-likeness (QED) is 0.447. The molecule has 0 bridgehead atoms. The lowest BCUT2D eigenvalue weighted by molar-refractivity contribution is -0.168. The van der Waals surface area contributed by atoms with Crippen molar-refractivity contribution in [2.24, 2.45) is 21.5 Å². The Labute approximate surface area is 143 Å². The summed E-state index contributed by atoms with van der Waals surface area (Å²) in [7, 11) is 0. The molecule has 0 saturated heterocycles. The molecule has 0 radical (unpaired) electrons. The van der Waals surface area contributed by atoms with Crippen LogP contribution < -0.4 is 11.5 Å². The molecule has 6 nitrogen and oxygen atoms in total. The van der Waals surface area contributed by atoms with Crippen LogP contribution in [-0.2, 0) is 11.4 Å². The van der Waals surface area contributed by atoms with Crippen LogP contribution in [0.25, 0.3) is 0 Å². The second-order valence-electron chi connectivity index (χ2n) is 5.05. The maximum absolute atomic E-state index is 13.6. The van der Waals surface area contributed by atoms with Crippen molar-refractivity contribution in [2.45, 2.75) is 26.1 Å². The van der Waals surface area contributed by atoms with Gasteiger partial charge in [0.1, 0.15) is 6.61 Å². The summed E-state index contributed by atoms with van der Waals surface area (Å²) < 4.78 is 66.4. The largest absolute Gasteiger partial charge is 0.368 e. The Morgan fingerprint density at radius 3 is 1.88 bits per heavy atom. The summed E-state index contributed by atoms with van der Waals surface area (Å²) in [5.74, 6) is -10.8. The highest BCUT2D eigenvalue weighted by atomic mass is 79.9. The van der Waals surface area contributed by atoms with E-state index in [1.165, 1.54) is 13.8 Å². The van der Waals surface area contributed by atoms with Gasteiger partial charge in [0.15, 0.2) is 28.9 Å². The number of aliphatic imine (C=N–C) groups is 2. The van der Waals surface area contributed by atoms with Gasteiger partial charge in [-0.2, -0.15) is 10.1 Å². The number of hydrogen-bond donors (Lipinski definition) is 2. The van der Waals surface area contributed by atoms with Crippen LogP contribution in [0.2, 0.25) is 0 Å². The Kier molecular flexibility index (Phi) is 5.77. The smallest absolute Gasteiger partial charge is 0.226 e. The highest BCUT2D eigenvalue weighted by Crippen LogP contribution is 2.26. The van der Waals surface area contributed by atoms with Gasteiger partial charge in [0.2, 0.25) is 17.7 Å². The van der Waals surface area contributed by atoms with Crippen molar-refractivity contribution in [2.75, 3.05) is 0 Å². The molecule has 12 heteroatoms. The Bertz CT molecular complexity index is 695. The van der Waals surface area contributed by atoms with E-state index in [9.17, 15) is 22.0 Å². The van der Waals surface area contributed by atoms with Crippen LogP contribution in [0.4, 0.5) is 22.0 Å². The first kappa shape index (κ1) is 20.1. The number of hydrogen-bond acceptors (Lipinski definition) is 6. The summed E-state index contributed by atoms with van der Waals surface area (Å²) in [5.41, 5.74) is 8.64. The molecule has 0 amide bonds. The first-order chi connectivity index (χ1) is 10.6. The summed E-state index contributed by atoms with van der Waals surface area (Å²) in [5, 5.41) is 0.849. The number of hydroxylamine groups is 2. The van der Waals surface area contributed by atoms with Crippen LogP contribution in [0.3, 0.4) is 0 Å². The van der Waals surface area contributed by atoms with E-state index in [1.807, 2.05) is 0 Å². The van der Waals surface area contributed by atoms with Gasteiger partial charge in [-0.15, -0.1) is 17.0 Å². The molecule has 0 aromatic heterocycles. The summed E-state index contributed by atoms with van der Waals surface area (Å²) in [6.45, 7) is 1.99. The molecule has 1 aromatic rings. The van der Waals surface area contributed by atoms with Crippen molar-refractivity contribution in [3.63, 3.8) is 0 Å². The molecule has 1 aliphatic heterocycles. The van der Waals surface area contributed by atoms with E-state index in [-0.39, 0.29) is 28.9 Å². The van der Waals surface area contributed by atoms with Crippen LogP contribution in [0.1, 0.15) is 19.4 Å². The zero-order chi connectivity index (χ0) is 17.5. The molecule has 24 heavy (non-hydrogen) atoms. The topological polar surface area (TPSA) is 89.2 Å². The Balaban J connectivity index is 0.00000288. The predicted octanol–water partition coefficient (Wildman–Crippen LogP) is 2.07. The zero-order valence-corrected chi connectivity index (χ0v) is 14.1. The van der Waals surface area contributed by atoms with Gasteiger partial charge < -0.3 is 11.5 Å². The number of nitrogens with zero attached hydrogens (tertiary/aromatic N) is 3. The zero-order valence-electron chi connectivity index (χ0n) is 12.4. The third-order valence-electron chi connectivity index (χ3n) is 2.96. The van der Waals surface area contributed by atoms with E-state index >= 15 is 0 Å². The Morgan fingerprint density at radius 2 is 1.42 bits per heavy atom. The van der Waals surface area contributed by atoms with Gasteiger partial charge >= 0.3 is 0 Å². The van der Waals surface area contributed by atoms with E-state index in [1.54, 1.807) is 0 Å². The molecule has 0 atom stereocenters. The number of rotatable bonds is 3. The van der Waals surface area contributed by atoms with Gasteiger partial charge in [0, 0.05) is 0 Å². The second kappa shape index (κ2) is 6.89. The molecule has 0 spiro atoms. The predicted molar refractivity (Wildman–Crippen MR) is 80.5 cm³/mol. The van der Waals surface area contributed by atoms with Crippen LogP contribution in [-0.4, -0.2) is 22.6 Å². The molecule has 134 valence electrons. The maximum atomic E-state index is 13.6. The van der Waals surface area contributed by atoms with Crippen LogP contribution in [0.5, 0.6) is 0 Å². The average Bonchev–Trinajstić information content (AvgIpc) is 2.44. The minimum atomic E-state index is -2.25. The van der Waals surface area contributed by atoms with E-state index in [0.717, 1.165) is 5.06 Å². The molecule has 0 fully saturated rings. The van der Waals surface area contributed by atoms with E-state index in [4.69, 9.17) is 16.3 Å².